The van der Waals surface area contributed by atoms with Crippen LogP contribution in [0.2, 0.25) is 0 Å². The van der Waals surface area contributed by atoms with E-state index in [9.17, 15) is 9.90 Å². The molecular weight excluding hydrogens is 302 g/mol. The van der Waals surface area contributed by atoms with Crippen molar-refractivity contribution in [3.8, 4) is 0 Å². The summed E-state index contributed by atoms with van der Waals surface area (Å²) in [6.07, 6.45) is 2.93. The van der Waals surface area contributed by atoms with E-state index in [1.807, 2.05) is 12.1 Å². The molecule has 4 heteroatoms. The zero-order valence-corrected chi connectivity index (χ0v) is 13.7. The molecule has 0 aliphatic heterocycles. The second kappa shape index (κ2) is 7.60. The number of benzene rings is 2. The Morgan fingerprint density at radius 2 is 1.88 bits per heavy atom. The lowest BCUT2D eigenvalue weighted by atomic mass is 10.0. The summed E-state index contributed by atoms with van der Waals surface area (Å²) in [5, 5.41) is 18.2. The first-order valence-corrected chi connectivity index (χ1v) is 8.44. The van der Waals surface area contributed by atoms with Crippen LogP contribution in [0.5, 0.6) is 0 Å². The maximum Gasteiger partial charge on any atom is 0.335 e. The normalized spacial score (nSPS) is 16.3. The van der Waals surface area contributed by atoms with Crippen molar-refractivity contribution in [2.75, 3.05) is 13.2 Å². The topological polar surface area (TPSA) is 60.8 Å². The molecule has 126 valence electrons. The first-order chi connectivity index (χ1) is 11.7. The fourth-order valence-electron chi connectivity index (χ4n) is 3.52. The molecule has 0 radical (unpaired) electrons. The van der Waals surface area contributed by atoms with Gasteiger partial charge < -0.3 is 10.2 Å². The molecule has 2 aromatic carbocycles. The van der Waals surface area contributed by atoms with Crippen LogP contribution in [0.3, 0.4) is 0 Å². The van der Waals surface area contributed by atoms with Gasteiger partial charge in [0, 0.05) is 25.7 Å². The predicted octanol–water partition coefficient (Wildman–Crippen LogP) is 3.26. The highest BCUT2D eigenvalue weighted by Gasteiger charge is 2.27. The highest BCUT2D eigenvalue weighted by atomic mass is 16.4. The number of carboxylic acid groups (broad SMARTS) is 1. The van der Waals surface area contributed by atoms with Crippen LogP contribution in [0.15, 0.2) is 48.5 Å². The minimum atomic E-state index is -0.900. The van der Waals surface area contributed by atoms with Crippen LogP contribution < -0.4 is 0 Å². The standard InChI is InChI=1S/C20H23NO3/c22-13-3-12-21(14-15-6-8-17(9-7-15)20(23)24)19-11-10-16-4-1-2-5-18(16)19/h1-2,4-9,19,22H,3,10-14H2,(H,23,24). The SMILES string of the molecule is O=C(O)c1ccc(CN(CCCO)C2CCc3ccccc32)cc1. The number of fused-ring (bicyclic) bond motifs is 1. The molecule has 1 aliphatic carbocycles. The van der Waals surface area contributed by atoms with E-state index in [0.717, 1.165) is 37.9 Å². The first kappa shape index (κ1) is 16.7. The summed E-state index contributed by atoms with van der Waals surface area (Å²) in [5.74, 6) is -0.900. The number of aliphatic hydroxyl groups is 1. The summed E-state index contributed by atoms with van der Waals surface area (Å²) in [5.41, 5.74) is 4.21. The summed E-state index contributed by atoms with van der Waals surface area (Å²) in [6.45, 7) is 1.78. The zero-order valence-electron chi connectivity index (χ0n) is 13.7. The number of hydrogen-bond acceptors (Lipinski definition) is 3. The predicted molar refractivity (Wildman–Crippen MR) is 93.0 cm³/mol. The van der Waals surface area contributed by atoms with Crippen molar-refractivity contribution < 1.29 is 15.0 Å². The quantitative estimate of drug-likeness (QED) is 0.820. The third-order valence-electron chi connectivity index (χ3n) is 4.73. The fourth-order valence-corrected chi connectivity index (χ4v) is 3.52. The Kier molecular flexibility index (Phi) is 5.28. The summed E-state index contributed by atoms with van der Waals surface area (Å²) < 4.78 is 0. The van der Waals surface area contributed by atoms with Gasteiger partial charge in [0.1, 0.15) is 0 Å². The van der Waals surface area contributed by atoms with E-state index in [0.29, 0.717) is 11.6 Å². The molecule has 0 saturated heterocycles. The molecule has 0 spiro atoms. The lowest BCUT2D eigenvalue weighted by Gasteiger charge is -2.29. The van der Waals surface area contributed by atoms with Crippen molar-refractivity contribution >= 4 is 5.97 Å². The van der Waals surface area contributed by atoms with E-state index < -0.39 is 5.97 Å². The van der Waals surface area contributed by atoms with Crippen LogP contribution in [0, 0.1) is 0 Å². The summed E-state index contributed by atoms with van der Waals surface area (Å²) in [6, 6.07) is 16.0. The number of aliphatic hydroxyl groups excluding tert-OH is 1. The number of carboxylic acids is 1. The van der Waals surface area contributed by atoms with E-state index in [1.165, 1.54) is 11.1 Å². The number of nitrogens with zero attached hydrogens (tertiary/aromatic N) is 1. The highest BCUT2D eigenvalue weighted by molar-refractivity contribution is 5.87. The van der Waals surface area contributed by atoms with Crippen molar-refractivity contribution in [3.63, 3.8) is 0 Å². The summed E-state index contributed by atoms with van der Waals surface area (Å²) >= 11 is 0. The molecule has 2 aromatic rings. The molecule has 2 N–H and O–H groups in total. The van der Waals surface area contributed by atoms with Gasteiger partial charge in [0.25, 0.3) is 0 Å². The summed E-state index contributed by atoms with van der Waals surface area (Å²) in [4.78, 5) is 13.4. The van der Waals surface area contributed by atoms with Gasteiger partial charge in [-0.25, -0.2) is 4.79 Å². The number of rotatable bonds is 7. The molecule has 0 amide bonds. The Morgan fingerprint density at radius 3 is 2.58 bits per heavy atom. The average molecular weight is 325 g/mol. The maximum absolute atomic E-state index is 11.0. The van der Waals surface area contributed by atoms with E-state index in [1.54, 1.807) is 12.1 Å². The van der Waals surface area contributed by atoms with Crippen molar-refractivity contribution in [2.45, 2.75) is 31.8 Å². The minimum absolute atomic E-state index is 0.183. The van der Waals surface area contributed by atoms with Crippen LogP contribution in [0.4, 0.5) is 0 Å². The molecule has 0 bridgehead atoms. The van der Waals surface area contributed by atoms with E-state index in [2.05, 4.69) is 29.2 Å². The number of carbonyl (C=O) groups is 1. The third kappa shape index (κ3) is 3.66. The van der Waals surface area contributed by atoms with Crippen LogP contribution in [-0.2, 0) is 13.0 Å². The Labute approximate surface area is 142 Å². The molecule has 3 rings (SSSR count). The highest BCUT2D eigenvalue weighted by Crippen LogP contribution is 2.36. The Bertz CT molecular complexity index is 696. The van der Waals surface area contributed by atoms with Gasteiger partial charge >= 0.3 is 5.97 Å². The van der Waals surface area contributed by atoms with Crippen molar-refractivity contribution in [1.29, 1.82) is 0 Å². The van der Waals surface area contributed by atoms with Crippen LogP contribution in [0.1, 0.15) is 45.9 Å². The fraction of sp³-hybridized carbons (Fsp3) is 0.350. The van der Waals surface area contributed by atoms with Gasteiger partial charge in [-0.2, -0.15) is 0 Å². The molecular formula is C20H23NO3. The first-order valence-electron chi connectivity index (χ1n) is 8.44. The van der Waals surface area contributed by atoms with Gasteiger partial charge in [-0.05, 0) is 48.1 Å². The molecule has 4 nitrogen and oxygen atoms in total. The van der Waals surface area contributed by atoms with Crippen LogP contribution >= 0.6 is 0 Å². The van der Waals surface area contributed by atoms with Gasteiger partial charge in [0.15, 0.2) is 0 Å². The van der Waals surface area contributed by atoms with Gasteiger partial charge in [0.05, 0.1) is 5.56 Å². The summed E-state index contributed by atoms with van der Waals surface area (Å²) in [7, 11) is 0. The van der Waals surface area contributed by atoms with E-state index in [-0.39, 0.29) is 6.61 Å². The number of aromatic carboxylic acids is 1. The van der Waals surface area contributed by atoms with Crippen molar-refractivity contribution in [2.24, 2.45) is 0 Å². The lowest BCUT2D eigenvalue weighted by Crippen LogP contribution is -2.28. The lowest BCUT2D eigenvalue weighted by molar-refractivity contribution is 0.0697. The van der Waals surface area contributed by atoms with E-state index in [4.69, 9.17) is 5.11 Å². The third-order valence-corrected chi connectivity index (χ3v) is 4.73. The van der Waals surface area contributed by atoms with Crippen molar-refractivity contribution in [3.05, 3.63) is 70.8 Å². The molecule has 1 aliphatic rings. The number of aryl methyl sites for hydroxylation is 1. The molecule has 0 aromatic heterocycles. The average Bonchev–Trinajstić information content (AvgIpc) is 3.03. The van der Waals surface area contributed by atoms with Crippen LogP contribution in [-0.4, -0.2) is 34.2 Å². The largest absolute Gasteiger partial charge is 0.478 e. The monoisotopic (exact) mass is 325 g/mol. The Balaban J connectivity index is 1.78. The molecule has 24 heavy (non-hydrogen) atoms. The van der Waals surface area contributed by atoms with Gasteiger partial charge in [0.2, 0.25) is 0 Å². The second-order valence-electron chi connectivity index (χ2n) is 6.30. The minimum Gasteiger partial charge on any atom is -0.478 e. The molecule has 1 unspecified atom stereocenters. The molecule has 1 atom stereocenters. The van der Waals surface area contributed by atoms with Gasteiger partial charge in [-0.3, -0.25) is 4.90 Å². The van der Waals surface area contributed by atoms with Gasteiger partial charge in [-0.15, -0.1) is 0 Å². The molecule has 0 saturated carbocycles. The molecule has 0 fully saturated rings. The number of hydrogen-bond donors (Lipinski definition) is 2. The van der Waals surface area contributed by atoms with Crippen molar-refractivity contribution in [1.82, 2.24) is 4.90 Å². The van der Waals surface area contributed by atoms with Crippen LogP contribution in [0.25, 0.3) is 0 Å². The second-order valence-corrected chi connectivity index (χ2v) is 6.30. The van der Waals surface area contributed by atoms with Gasteiger partial charge in [-0.1, -0.05) is 36.4 Å². The smallest absolute Gasteiger partial charge is 0.335 e. The molecule has 0 heterocycles. The Hall–Kier alpha value is -2.17. The van der Waals surface area contributed by atoms with E-state index >= 15 is 0 Å². The maximum atomic E-state index is 11.0. The Morgan fingerprint density at radius 1 is 1.12 bits per heavy atom. The zero-order chi connectivity index (χ0) is 16.9.